The summed E-state index contributed by atoms with van der Waals surface area (Å²) in [5, 5.41) is 16.1. The fourth-order valence-corrected chi connectivity index (χ4v) is 2.71. The monoisotopic (exact) mass is 314 g/mol. The van der Waals surface area contributed by atoms with Crippen LogP contribution in [0.2, 0.25) is 0 Å². The molecule has 0 radical (unpaired) electrons. The van der Waals surface area contributed by atoms with Crippen LogP contribution in [0.5, 0.6) is 0 Å². The Balaban J connectivity index is 1.66. The lowest BCUT2D eigenvalue weighted by Crippen LogP contribution is -2.44. The Morgan fingerprint density at radius 3 is 2.43 bits per heavy atom. The molecule has 0 saturated heterocycles. The number of aliphatic hydroxyl groups is 1. The topological polar surface area (TPSA) is 61.4 Å². The van der Waals surface area contributed by atoms with Gasteiger partial charge < -0.3 is 15.7 Å². The zero-order valence-corrected chi connectivity index (χ0v) is 12.6. The molecule has 3 N–H and O–H groups in total. The molecule has 3 rings (SSSR count). The number of amides is 2. The minimum Gasteiger partial charge on any atom is -0.383 e. The molecule has 2 aromatic rings. The molecule has 1 unspecified atom stereocenters. The van der Waals surface area contributed by atoms with Crippen LogP contribution < -0.4 is 10.6 Å². The molecule has 120 valence electrons. The van der Waals surface area contributed by atoms with E-state index in [2.05, 4.69) is 10.6 Å². The fraction of sp³-hybridized carbons (Fsp3) is 0.278. The van der Waals surface area contributed by atoms with Crippen molar-refractivity contribution in [2.75, 3.05) is 11.9 Å². The van der Waals surface area contributed by atoms with Crippen molar-refractivity contribution in [2.45, 2.75) is 18.4 Å². The largest absolute Gasteiger partial charge is 0.383 e. The Morgan fingerprint density at radius 2 is 1.78 bits per heavy atom. The molecule has 1 fully saturated rings. The molecule has 0 bridgehead atoms. The Kier molecular flexibility index (Phi) is 4.30. The van der Waals surface area contributed by atoms with Gasteiger partial charge in [-0.25, -0.2) is 9.18 Å². The summed E-state index contributed by atoms with van der Waals surface area (Å²) in [5.74, 6) is -0.359. The molecular weight excluding hydrogens is 295 g/mol. The van der Waals surface area contributed by atoms with E-state index in [1.54, 1.807) is 12.1 Å². The summed E-state index contributed by atoms with van der Waals surface area (Å²) in [6.07, 6.45) is 1.87. The fourth-order valence-electron chi connectivity index (χ4n) is 2.71. The number of benzene rings is 2. The number of para-hydroxylation sites is 1. The molecule has 2 amide bonds. The van der Waals surface area contributed by atoms with Crippen molar-refractivity contribution in [2.24, 2.45) is 5.92 Å². The van der Waals surface area contributed by atoms with E-state index >= 15 is 0 Å². The number of anilines is 1. The third-order valence-corrected chi connectivity index (χ3v) is 4.17. The first-order valence-electron chi connectivity index (χ1n) is 7.67. The molecule has 1 atom stereocenters. The van der Waals surface area contributed by atoms with Crippen molar-refractivity contribution < 1.29 is 14.3 Å². The lowest BCUT2D eigenvalue weighted by atomic mass is 9.89. The van der Waals surface area contributed by atoms with Crippen molar-refractivity contribution in [1.29, 1.82) is 0 Å². The SMILES string of the molecule is O=C(NCC(O)(c1ccccc1)C1CC1)Nc1ccccc1F. The molecule has 1 saturated carbocycles. The van der Waals surface area contributed by atoms with E-state index in [4.69, 9.17) is 0 Å². The second-order valence-corrected chi connectivity index (χ2v) is 5.85. The highest BCUT2D eigenvalue weighted by Gasteiger charge is 2.45. The van der Waals surface area contributed by atoms with E-state index in [1.807, 2.05) is 30.3 Å². The van der Waals surface area contributed by atoms with Crippen LogP contribution in [0.25, 0.3) is 0 Å². The number of urea groups is 1. The number of rotatable bonds is 5. The Morgan fingerprint density at radius 1 is 1.13 bits per heavy atom. The summed E-state index contributed by atoms with van der Waals surface area (Å²) in [5.41, 5.74) is -0.193. The van der Waals surface area contributed by atoms with Crippen molar-refractivity contribution >= 4 is 11.7 Å². The maximum absolute atomic E-state index is 13.5. The van der Waals surface area contributed by atoms with E-state index in [9.17, 15) is 14.3 Å². The predicted octanol–water partition coefficient (Wildman–Crippen LogP) is 3.25. The molecule has 0 spiro atoms. The van der Waals surface area contributed by atoms with Gasteiger partial charge in [-0.05, 0) is 36.5 Å². The van der Waals surface area contributed by atoms with Crippen LogP contribution in [0, 0.1) is 11.7 Å². The van der Waals surface area contributed by atoms with Gasteiger partial charge in [0.1, 0.15) is 11.4 Å². The third kappa shape index (κ3) is 3.51. The maximum atomic E-state index is 13.5. The average Bonchev–Trinajstić information content (AvgIpc) is 3.41. The number of hydrogen-bond donors (Lipinski definition) is 3. The van der Waals surface area contributed by atoms with Gasteiger partial charge in [0.15, 0.2) is 0 Å². The van der Waals surface area contributed by atoms with E-state index in [1.165, 1.54) is 12.1 Å². The van der Waals surface area contributed by atoms with Gasteiger partial charge in [0.25, 0.3) is 0 Å². The number of carbonyl (C=O) groups is 1. The van der Waals surface area contributed by atoms with E-state index in [0.717, 1.165) is 18.4 Å². The van der Waals surface area contributed by atoms with Gasteiger partial charge in [-0.1, -0.05) is 42.5 Å². The molecule has 0 aliphatic heterocycles. The minimum absolute atomic E-state index is 0.0853. The molecule has 23 heavy (non-hydrogen) atoms. The zero-order valence-electron chi connectivity index (χ0n) is 12.6. The smallest absolute Gasteiger partial charge is 0.319 e. The van der Waals surface area contributed by atoms with E-state index in [-0.39, 0.29) is 18.2 Å². The van der Waals surface area contributed by atoms with Crippen LogP contribution in [0.4, 0.5) is 14.9 Å². The molecule has 2 aromatic carbocycles. The lowest BCUT2D eigenvalue weighted by molar-refractivity contribution is 0.0164. The summed E-state index contributed by atoms with van der Waals surface area (Å²) in [6, 6.07) is 14.7. The number of halogens is 1. The first-order valence-corrected chi connectivity index (χ1v) is 7.67. The van der Waals surface area contributed by atoms with Gasteiger partial charge in [0, 0.05) is 0 Å². The first kappa shape index (κ1) is 15.5. The van der Waals surface area contributed by atoms with Crippen LogP contribution >= 0.6 is 0 Å². The third-order valence-electron chi connectivity index (χ3n) is 4.17. The van der Waals surface area contributed by atoms with Crippen molar-refractivity contribution in [3.05, 3.63) is 66.0 Å². The highest BCUT2D eigenvalue weighted by Crippen LogP contribution is 2.45. The highest BCUT2D eigenvalue weighted by molar-refractivity contribution is 5.89. The zero-order chi connectivity index (χ0) is 16.3. The van der Waals surface area contributed by atoms with Gasteiger partial charge in [0.05, 0.1) is 12.2 Å². The molecule has 1 aliphatic rings. The second-order valence-electron chi connectivity index (χ2n) is 5.85. The Hall–Kier alpha value is -2.40. The Bertz CT molecular complexity index is 688. The summed E-state index contributed by atoms with van der Waals surface area (Å²) in [7, 11) is 0. The van der Waals surface area contributed by atoms with Crippen LogP contribution in [0.15, 0.2) is 54.6 Å². The van der Waals surface area contributed by atoms with Gasteiger partial charge in [0.2, 0.25) is 0 Å². The standard InChI is InChI=1S/C18H19FN2O2/c19-15-8-4-5-9-16(15)21-17(22)20-12-18(23,14-10-11-14)13-6-2-1-3-7-13/h1-9,14,23H,10-12H2,(H2,20,21,22). The normalized spacial score (nSPS) is 16.4. The minimum atomic E-state index is -1.09. The highest BCUT2D eigenvalue weighted by atomic mass is 19.1. The van der Waals surface area contributed by atoms with Crippen molar-refractivity contribution in [3.8, 4) is 0 Å². The van der Waals surface area contributed by atoms with Crippen LogP contribution in [-0.2, 0) is 5.60 Å². The summed E-state index contributed by atoms with van der Waals surface area (Å²) < 4.78 is 13.5. The van der Waals surface area contributed by atoms with E-state index < -0.39 is 17.4 Å². The van der Waals surface area contributed by atoms with Crippen LogP contribution in [0.1, 0.15) is 18.4 Å². The number of nitrogens with one attached hydrogen (secondary N) is 2. The molecule has 1 aliphatic carbocycles. The molecule has 0 aromatic heterocycles. The molecule has 0 heterocycles. The summed E-state index contributed by atoms with van der Waals surface area (Å²) in [6.45, 7) is 0.0853. The van der Waals surface area contributed by atoms with Crippen molar-refractivity contribution in [3.63, 3.8) is 0 Å². The van der Waals surface area contributed by atoms with Crippen LogP contribution in [-0.4, -0.2) is 17.7 Å². The molecular formula is C18H19FN2O2. The van der Waals surface area contributed by atoms with E-state index in [0.29, 0.717) is 0 Å². The maximum Gasteiger partial charge on any atom is 0.319 e. The predicted molar refractivity (Wildman–Crippen MR) is 86.5 cm³/mol. The number of carbonyl (C=O) groups excluding carboxylic acids is 1. The lowest BCUT2D eigenvalue weighted by Gasteiger charge is -2.29. The summed E-state index contributed by atoms with van der Waals surface area (Å²) in [4.78, 5) is 12.0. The van der Waals surface area contributed by atoms with Gasteiger partial charge in [-0.15, -0.1) is 0 Å². The average molecular weight is 314 g/mol. The van der Waals surface area contributed by atoms with Crippen LogP contribution in [0.3, 0.4) is 0 Å². The first-order chi connectivity index (χ1) is 11.1. The summed E-state index contributed by atoms with van der Waals surface area (Å²) >= 11 is 0. The van der Waals surface area contributed by atoms with Gasteiger partial charge >= 0.3 is 6.03 Å². The quantitative estimate of drug-likeness (QED) is 0.793. The van der Waals surface area contributed by atoms with Crippen molar-refractivity contribution in [1.82, 2.24) is 5.32 Å². The number of hydrogen-bond acceptors (Lipinski definition) is 2. The molecule has 5 heteroatoms. The molecule has 4 nitrogen and oxygen atoms in total. The van der Waals surface area contributed by atoms with Gasteiger partial charge in [-0.3, -0.25) is 0 Å². The Labute approximate surface area is 134 Å². The van der Waals surface area contributed by atoms with Gasteiger partial charge in [-0.2, -0.15) is 0 Å². The second kappa shape index (κ2) is 6.38.